The molecule has 1 rings (SSSR count). The molecule has 0 bridgehead atoms. The van der Waals surface area contributed by atoms with Crippen molar-refractivity contribution in [1.82, 2.24) is 0 Å². The minimum absolute atomic E-state index is 1.32. The van der Waals surface area contributed by atoms with Crippen LogP contribution in [0.5, 0.6) is 0 Å². The Morgan fingerprint density at radius 3 is 2.20 bits per heavy atom. The monoisotopic (exact) mass is 157 g/mol. The molecule has 1 heteroatoms. The largest absolute Gasteiger partial charge is 0.165 e. The summed E-state index contributed by atoms with van der Waals surface area (Å²) in [7, 11) is 0. The Hall–Kier alpha value is 0.350. The molecule has 0 saturated heterocycles. The van der Waals surface area contributed by atoms with Crippen molar-refractivity contribution in [2.24, 2.45) is 0 Å². The fraction of sp³-hybridized carbons (Fsp3) is 0.889. The third kappa shape index (κ3) is 2.96. The van der Waals surface area contributed by atoms with Gasteiger partial charge in [-0.15, -0.1) is 0 Å². The topological polar surface area (TPSA) is 0 Å². The first-order chi connectivity index (χ1) is 4.93. The predicted molar refractivity (Wildman–Crippen MR) is 49.3 cm³/mol. The lowest BCUT2D eigenvalue weighted by Gasteiger charge is -2.09. The van der Waals surface area contributed by atoms with E-state index in [2.05, 4.69) is 6.26 Å². The first kappa shape index (κ1) is 8.45. The van der Waals surface area contributed by atoms with E-state index in [4.69, 9.17) is 0 Å². The zero-order valence-corrected chi connectivity index (χ0v) is 7.67. The normalized spacial score (nSPS) is 22.5. The minimum Gasteiger partial charge on any atom is -0.165 e. The first-order valence-electron chi connectivity index (χ1n) is 4.26. The van der Waals surface area contributed by atoms with Gasteiger partial charge in [0, 0.05) is 0 Å². The van der Waals surface area contributed by atoms with Crippen molar-refractivity contribution >= 4 is 11.8 Å². The number of hydrogen-bond acceptors (Lipinski definition) is 1. The second-order valence-corrected chi connectivity index (χ2v) is 3.96. The van der Waals surface area contributed by atoms with Crippen molar-refractivity contribution in [3.63, 3.8) is 0 Å². The van der Waals surface area contributed by atoms with E-state index in [1.54, 1.807) is 0 Å². The van der Waals surface area contributed by atoms with Crippen molar-refractivity contribution in [3.05, 3.63) is 5.92 Å². The van der Waals surface area contributed by atoms with Gasteiger partial charge in [0.15, 0.2) is 0 Å². The molecule has 0 aliphatic heterocycles. The van der Waals surface area contributed by atoms with Crippen LogP contribution >= 0.6 is 11.8 Å². The molecule has 1 radical (unpaired) electrons. The van der Waals surface area contributed by atoms with E-state index in [-0.39, 0.29) is 0 Å². The van der Waals surface area contributed by atoms with E-state index in [1.165, 1.54) is 44.3 Å². The molecule has 0 heterocycles. The summed E-state index contributed by atoms with van der Waals surface area (Å²) < 4.78 is 0. The van der Waals surface area contributed by atoms with Gasteiger partial charge in [0.05, 0.1) is 0 Å². The maximum Gasteiger partial charge on any atom is -0.000796 e. The summed E-state index contributed by atoms with van der Waals surface area (Å²) in [5.74, 6) is 3.13. The highest BCUT2D eigenvalue weighted by Gasteiger charge is 2.10. The van der Waals surface area contributed by atoms with E-state index in [9.17, 15) is 0 Å². The molecule has 0 aromatic carbocycles. The molecule has 0 atom stereocenters. The van der Waals surface area contributed by atoms with Crippen LogP contribution in [-0.2, 0) is 0 Å². The van der Waals surface area contributed by atoms with E-state index < -0.39 is 0 Å². The molecule has 0 N–H and O–H groups in total. The molecular weight excluding hydrogens is 140 g/mol. The van der Waals surface area contributed by atoms with Gasteiger partial charge in [0.1, 0.15) is 0 Å². The number of hydrogen-bond donors (Lipinski definition) is 0. The fourth-order valence-electron chi connectivity index (χ4n) is 1.58. The SMILES string of the molecule is CSC[C]1CCCCCC1. The Kier molecular flexibility index (Phi) is 4.27. The Labute approximate surface area is 68.8 Å². The highest BCUT2D eigenvalue weighted by Crippen LogP contribution is 2.26. The van der Waals surface area contributed by atoms with E-state index >= 15 is 0 Å². The predicted octanol–water partition coefficient (Wildman–Crippen LogP) is 3.28. The Morgan fingerprint density at radius 2 is 1.70 bits per heavy atom. The molecular formula is C9H17S. The van der Waals surface area contributed by atoms with E-state index in [0.717, 1.165) is 0 Å². The minimum atomic E-state index is 1.32. The maximum absolute atomic E-state index is 2.21. The Morgan fingerprint density at radius 1 is 1.10 bits per heavy atom. The van der Waals surface area contributed by atoms with Crippen LogP contribution in [-0.4, -0.2) is 12.0 Å². The highest BCUT2D eigenvalue weighted by molar-refractivity contribution is 7.98. The second-order valence-electron chi connectivity index (χ2n) is 3.10. The van der Waals surface area contributed by atoms with Crippen molar-refractivity contribution in [2.75, 3.05) is 12.0 Å². The summed E-state index contributed by atoms with van der Waals surface area (Å²) >= 11 is 1.98. The van der Waals surface area contributed by atoms with Crippen LogP contribution in [0, 0.1) is 5.92 Å². The summed E-state index contributed by atoms with van der Waals surface area (Å²) in [5, 5.41) is 0. The Bertz CT molecular complexity index is 72.8. The third-order valence-electron chi connectivity index (χ3n) is 2.16. The van der Waals surface area contributed by atoms with Gasteiger partial charge in [-0.05, 0) is 30.8 Å². The van der Waals surface area contributed by atoms with Gasteiger partial charge in [-0.2, -0.15) is 11.8 Å². The molecule has 0 nitrogen and oxygen atoms in total. The number of rotatable bonds is 2. The molecule has 0 unspecified atom stereocenters. The summed E-state index contributed by atoms with van der Waals surface area (Å²) in [4.78, 5) is 0. The molecule has 10 heavy (non-hydrogen) atoms. The van der Waals surface area contributed by atoms with Crippen LogP contribution in [0.3, 0.4) is 0 Å². The van der Waals surface area contributed by atoms with E-state index in [1.807, 2.05) is 17.7 Å². The van der Waals surface area contributed by atoms with Crippen molar-refractivity contribution < 1.29 is 0 Å². The van der Waals surface area contributed by atoms with Crippen LogP contribution in [0.15, 0.2) is 0 Å². The lowest BCUT2D eigenvalue weighted by atomic mass is 10.0. The Balaban J connectivity index is 2.15. The smallest absolute Gasteiger partial charge is 0.000796 e. The first-order valence-corrected chi connectivity index (χ1v) is 5.65. The maximum atomic E-state index is 2.21. The van der Waals surface area contributed by atoms with Gasteiger partial charge in [-0.25, -0.2) is 0 Å². The molecule has 1 saturated carbocycles. The van der Waals surface area contributed by atoms with Crippen LogP contribution in [0.4, 0.5) is 0 Å². The van der Waals surface area contributed by atoms with Crippen LogP contribution in [0.25, 0.3) is 0 Å². The van der Waals surface area contributed by atoms with Crippen molar-refractivity contribution in [3.8, 4) is 0 Å². The van der Waals surface area contributed by atoms with Gasteiger partial charge in [0.25, 0.3) is 0 Å². The summed E-state index contributed by atoms with van der Waals surface area (Å²) in [5.41, 5.74) is 0. The quantitative estimate of drug-likeness (QED) is 0.554. The van der Waals surface area contributed by atoms with Crippen LogP contribution in [0.2, 0.25) is 0 Å². The lowest BCUT2D eigenvalue weighted by Crippen LogP contribution is -1.97. The molecule has 1 aliphatic carbocycles. The van der Waals surface area contributed by atoms with Crippen LogP contribution < -0.4 is 0 Å². The van der Waals surface area contributed by atoms with Gasteiger partial charge in [-0.1, -0.05) is 25.7 Å². The van der Waals surface area contributed by atoms with Crippen molar-refractivity contribution in [2.45, 2.75) is 38.5 Å². The summed E-state index contributed by atoms with van der Waals surface area (Å²) in [6, 6.07) is 0. The number of thioether (sulfide) groups is 1. The molecule has 0 spiro atoms. The van der Waals surface area contributed by atoms with Gasteiger partial charge < -0.3 is 0 Å². The summed E-state index contributed by atoms with van der Waals surface area (Å²) in [6.45, 7) is 0. The fourth-order valence-corrected chi connectivity index (χ4v) is 2.27. The zero-order chi connectivity index (χ0) is 7.23. The van der Waals surface area contributed by atoms with Gasteiger partial charge >= 0.3 is 0 Å². The standard InChI is InChI=1S/C9H17S/c1-10-8-9-6-4-2-3-5-7-9/h2-8H2,1H3. The second kappa shape index (κ2) is 5.06. The summed E-state index contributed by atoms with van der Waals surface area (Å²) in [6.07, 6.45) is 10.9. The average molecular weight is 157 g/mol. The van der Waals surface area contributed by atoms with Crippen molar-refractivity contribution in [1.29, 1.82) is 0 Å². The van der Waals surface area contributed by atoms with Gasteiger partial charge in [0.2, 0.25) is 0 Å². The zero-order valence-electron chi connectivity index (χ0n) is 6.86. The molecule has 1 fully saturated rings. The average Bonchev–Trinajstić information content (AvgIpc) is 2.17. The molecule has 0 amide bonds. The van der Waals surface area contributed by atoms with E-state index in [0.29, 0.717) is 0 Å². The molecule has 59 valence electrons. The highest BCUT2D eigenvalue weighted by atomic mass is 32.2. The molecule has 0 aromatic rings. The van der Waals surface area contributed by atoms with Gasteiger partial charge in [-0.3, -0.25) is 0 Å². The van der Waals surface area contributed by atoms with Crippen LogP contribution in [0.1, 0.15) is 38.5 Å². The molecule has 1 aliphatic rings. The molecule has 0 aromatic heterocycles. The lowest BCUT2D eigenvalue weighted by molar-refractivity contribution is 0.702. The third-order valence-corrected chi connectivity index (χ3v) is 2.86.